The molecular formula is C15H15BrN2O. The third-order valence-corrected chi connectivity index (χ3v) is 3.59. The minimum atomic E-state index is -1.19. The number of likely N-dealkylation sites (N-methyl/N-ethyl adjacent to an activating group) is 1. The van der Waals surface area contributed by atoms with Gasteiger partial charge in [-0.25, -0.2) is 0 Å². The lowest BCUT2D eigenvalue weighted by molar-refractivity contribution is -0.124. The molecule has 3 nitrogen and oxygen atoms in total. The summed E-state index contributed by atoms with van der Waals surface area (Å²) in [5.41, 5.74) is 6.74. The minimum absolute atomic E-state index is 0.239. The molecule has 0 saturated heterocycles. The van der Waals surface area contributed by atoms with E-state index in [0.29, 0.717) is 0 Å². The molecule has 2 aromatic carbocycles. The average Bonchev–Trinajstić information content (AvgIpc) is 2.46. The van der Waals surface area contributed by atoms with Gasteiger partial charge in [-0.1, -0.05) is 58.4 Å². The van der Waals surface area contributed by atoms with Crippen molar-refractivity contribution < 1.29 is 4.79 Å². The largest absolute Gasteiger partial charge is 0.357 e. The third kappa shape index (κ3) is 2.55. The number of benzene rings is 2. The van der Waals surface area contributed by atoms with Gasteiger partial charge in [0.15, 0.2) is 0 Å². The van der Waals surface area contributed by atoms with Crippen molar-refractivity contribution in [3.8, 4) is 0 Å². The van der Waals surface area contributed by atoms with E-state index in [2.05, 4.69) is 21.2 Å². The zero-order valence-corrected chi connectivity index (χ0v) is 12.1. The van der Waals surface area contributed by atoms with Gasteiger partial charge in [0.1, 0.15) is 5.54 Å². The molecular weight excluding hydrogens is 304 g/mol. The molecule has 1 unspecified atom stereocenters. The molecule has 19 heavy (non-hydrogen) atoms. The number of rotatable bonds is 3. The molecule has 0 fully saturated rings. The van der Waals surface area contributed by atoms with E-state index in [1.807, 2.05) is 54.6 Å². The van der Waals surface area contributed by atoms with Gasteiger partial charge < -0.3 is 11.1 Å². The standard InChI is InChI=1S/C15H15BrN2O/c1-18-14(19)15(17,11-6-3-2-4-7-11)12-8-5-9-13(16)10-12/h2-10H,17H2,1H3,(H,18,19). The Kier molecular flexibility index (Phi) is 4.02. The number of carbonyl (C=O) groups is 1. The number of nitrogens with two attached hydrogens (primary N) is 1. The van der Waals surface area contributed by atoms with E-state index < -0.39 is 5.54 Å². The molecule has 0 aromatic heterocycles. The van der Waals surface area contributed by atoms with Crippen LogP contribution in [0.4, 0.5) is 0 Å². The zero-order chi connectivity index (χ0) is 13.9. The van der Waals surface area contributed by atoms with Gasteiger partial charge in [-0.15, -0.1) is 0 Å². The van der Waals surface area contributed by atoms with Crippen molar-refractivity contribution in [1.82, 2.24) is 5.32 Å². The summed E-state index contributed by atoms with van der Waals surface area (Å²) in [5.74, 6) is -0.239. The molecule has 3 N–H and O–H groups in total. The fraction of sp³-hybridized carbons (Fsp3) is 0.133. The maximum atomic E-state index is 12.3. The minimum Gasteiger partial charge on any atom is -0.357 e. The Hall–Kier alpha value is -1.65. The summed E-state index contributed by atoms with van der Waals surface area (Å²) in [7, 11) is 1.59. The van der Waals surface area contributed by atoms with Crippen molar-refractivity contribution in [1.29, 1.82) is 0 Å². The van der Waals surface area contributed by atoms with Gasteiger partial charge in [-0.05, 0) is 23.3 Å². The molecule has 1 amide bonds. The first-order chi connectivity index (χ1) is 9.09. The Labute approximate surface area is 121 Å². The van der Waals surface area contributed by atoms with Gasteiger partial charge in [0, 0.05) is 11.5 Å². The first-order valence-corrected chi connectivity index (χ1v) is 6.71. The van der Waals surface area contributed by atoms with Gasteiger partial charge in [0.05, 0.1) is 0 Å². The summed E-state index contributed by atoms with van der Waals surface area (Å²) in [6, 6.07) is 16.8. The Balaban J connectivity index is 2.62. The van der Waals surface area contributed by atoms with Crippen LogP contribution in [-0.4, -0.2) is 13.0 Å². The summed E-state index contributed by atoms with van der Waals surface area (Å²) < 4.78 is 0.889. The van der Waals surface area contributed by atoms with Crippen molar-refractivity contribution in [2.24, 2.45) is 5.73 Å². The zero-order valence-electron chi connectivity index (χ0n) is 10.6. The number of amides is 1. The second kappa shape index (κ2) is 5.55. The number of hydrogen-bond acceptors (Lipinski definition) is 2. The fourth-order valence-corrected chi connectivity index (χ4v) is 2.46. The molecule has 0 bridgehead atoms. The molecule has 1 atom stereocenters. The Bertz CT molecular complexity index is 586. The van der Waals surface area contributed by atoms with Crippen LogP contribution in [0.3, 0.4) is 0 Å². The maximum absolute atomic E-state index is 12.3. The quantitative estimate of drug-likeness (QED) is 0.913. The van der Waals surface area contributed by atoms with Crippen LogP contribution in [0, 0.1) is 0 Å². The van der Waals surface area contributed by atoms with Crippen LogP contribution in [-0.2, 0) is 10.3 Å². The molecule has 0 aliphatic rings. The van der Waals surface area contributed by atoms with E-state index in [9.17, 15) is 4.79 Å². The van der Waals surface area contributed by atoms with Crippen LogP contribution in [0.15, 0.2) is 59.1 Å². The Morgan fingerprint density at radius 3 is 2.32 bits per heavy atom. The second-order valence-electron chi connectivity index (χ2n) is 4.26. The monoisotopic (exact) mass is 318 g/mol. The van der Waals surface area contributed by atoms with E-state index in [4.69, 9.17) is 5.73 Å². The lowest BCUT2D eigenvalue weighted by Crippen LogP contribution is -2.51. The van der Waals surface area contributed by atoms with Gasteiger partial charge in [0.25, 0.3) is 0 Å². The summed E-state index contributed by atoms with van der Waals surface area (Å²) in [6.45, 7) is 0. The molecule has 0 aliphatic heterocycles. The van der Waals surface area contributed by atoms with Gasteiger partial charge >= 0.3 is 0 Å². The fourth-order valence-electron chi connectivity index (χ4n) is 2.06. The molecule has 0 heterocycles. The number of carbonyl (C=O) groups excluding carboxylic acids is 1. The van der Waals surface area contributed by atoms with E-state index in [1.165, 1.54) is 0 Å². The van der Waals surface area contributed by atoms with Crippen molar-refractivity contribution in [3.63, 3.8) is 0 Å². The van der Waals surface area contributed by atoms with Crippen molar-refractivity contribution >= 4 is 21.8 Å². The molecule has 2 rings (SSSR count). The highest BCUT2D eigenvalue weighted by Crippen LogP contribution is 2.29. The average molecular weight is 319 g/mol. The lowest BCUT2D eigenvalue weighted by Gasteiger charge is -2.28. The molecule has 4 heteroatoms. The van der Waals surface area contributed by atoms with Gasteiger partial charge in [-0.2, -0.15) is 0 Å². The van der Waals surface area contributed by atoms with Crippen LogP contribution < -0.4 is 11.1 Å². The van der Waals surface area contributed by atoms with Crippen molar-refractivity contribution in [3.05, 3.63) is 70.2 Å². The highest BCUT2D eigenvalue weighted by molar-refractivity contribution is 9.10. The summed E-state index contributed by atoms with van der Waals surface area (Å²) in [5, 5.41) is 2.64. The van der Waals surface area contributed by atoms with E-state index in [1.54, 1.807) is 7.05 Å². The maximum Gasteiger partial charge on any atom is 0.249 e. The summed E-state index contributed by atoms with van der Waals surface area (Å²) >= 11 is 3.41. The SMILES string of the molecule is CNC(=O)C(N)(c1ccccc1)c1cccc(Br)c1. The number of halogens is 1. The highest BCUT2D eigenvalue weighted by atomic mass is 79.9. The molecule has 2 aromatic rings. The number of hydrogen-bond donors (Lipinski definition) is 2. The first-order valence-electron chi connectivity index (χ1n) is 5.91. The molecule has 0 spiro atoms. The summed E-state index contributed by atoms with van der Waals surface area (Å²) in [4.78, 5) is 12.3. The van der Waals surface area contributed by atoms with Crippen LogP contribution in [0.2, 0.25) is 0 Å². The van der Waals surface area contributed by atoms with Crippen LogP contribution in [0.1, 0.15) is 11.1 Å². The topological polar surface area (TPSA) is 55.1 Å². The van der Waals surface area contributed by atoms with Crippen LogP contribution in [0.25, 0.3) is 0 Å². The van der Waals surface area contributed by atoms with Gasteiger partial charge in [0.2, 0.25) is 5.91 Å². The summed E-state index contributed by atoms with van der Waals surface area (Å²) in [6.07, 6.45) is 0. The van der Waals surface area contributed by atoms with E-state index in [0.717, 1.165) is 15.6 Å². The Morgan fingerprint density at radius 2 is 1.74 bits per heavy atom. The first kappa shape index (κ1) is 13.8. The Morgan fingerprint density at radius 1 is 1.11 bits per heavy atom. The molecule has 0 radical (unpaired) electrons. The molecule has 0 aliphatic carbocycles. The van der Waals surface area contributed by atoms with Gasteiger partial charge in [-0.3, -0.25) is 4.79 Å². The van der Waals surface area contributed by atoms with Crippen molar-refractivity contribution in [2.45, 2.75) is 5.54 Å². The second-order valence-corrected chi connectivity index (χ2v) is 5.18. The normalized spacial score (nSPS) is 13.6. The third-order valence-electron chi connectivity index (χ3n) is 3.09. The molecule has 98 valence electrons. The van der Waals surface area contributed by atoms with Crippen molar-refractivity contribution in [2.75, 3.05) is 7.05 Å². The highest BCUT2D eigenvalue weighted by Gasteiger charge is 2.37. The van der Waals surface area contributed by atoms with Crippen LogP contribution in [0.5, 0.6) is 0 Å². The molecule has 0 saturated carbocycles. The number of nitrogens with one attached hydrogen (secondary N) is 1. The predicted molar refractivity (Wildman–Crippen MR) is 79.6 cm³/mol. The smallest absolute Gasteiger partial charge is 0.249 e. The lowest BCUT2D eigenvalue weighted by atomic mass is 9.83. The van der Waals surface area contributed by atoms with E-state index in [-0.39, 0.29) is 5.91 Å². The predicted octanol–water partition coefficient (Wildman–Crippen LogP) is 2.40. The van der Waals surface area contributed by atoms with E-state index >= 15 is 0 Å². The van der Waals surface area contributed by atoms with Crippen LogP contribution >= 0.6 is 15.9 Å².